The van der Waals surface area contributed by atoms with E-state index in [0.29, 0.717) is 12.2 Å². The van der Waals surface area contributed by atoms with Gasteiger partial charge < -0.3 is 15.3 Å². The van der Waals surface area contributed by atoms with Gasteiger partial charge in [-0.25, -0.2) is 9.59 Å². The highest BCUT2D eigenvalue weighted by Gasteiger charge is 2.19. The highest BCUT2D eigenvalue weighted by atomic mass is 16.4. The minimum Gasteiger partial charge on any atom is -0.478 e. The Morgan fingerprint density at radius 2 is 2.27 bits per heavy atom. The highest BCUT2D eigenvalue weighted by Crippen LogP contribution is 2.23. The number of nitrogens with one attached hydrogen (secondary N) is 1. The molecular weight excluding hydrogens is 196 g/mol. The first kappa shape index (κ1) is 9.51. The maximum atomic E-state index is 11.3. The van der Waals surface area contributed by atoms with E-state index in [1.54, 1.807) is 13.1 Å². The fraction of sp³-hybridized carbons (Fsp3) is 0.200. The van der Waals surface area contributed by atoms with Gasteiger partial charge >= 0.3 is 12.0 Å². The molecule has 78 valence electrons. The monoisotopic (exact) mass is 206 g/mol. The molecule has 0 unspecified atom stereocenters. The molecule has 2 rings (SSSR count). The Morgan fingerprint density at radius 3 is 2.93 bits per heavy atom. The van der Waals surface area contributed by atoms with Gasteiger partial charge in [0.25, 0.3) is 0 Å². The number of carboxylic acid groups (broad SMARTS) is 1. The van der Waals surface area contributed by atoms with Gasteiger partial charge in [-0.15, -0.1) is 0 Å². The molecule has 5 nitrogen and oxygen atoms in total. The number of hydrogen-bond acceptors (Lipinski definition) is 2. The van der Waals surface area contributed by atoms with Crippen molar-refractivity contribution in [3.63, 3.8) is 0 Å². The number of carbonyl (C=O) groups is 2. The topological polar surface area (TPSA) is 69.6 Å². The van der Waals surface area contributed by atoms with Crippen molar-refractivity contribution in [2.24, 2.45) is 0 Å². The van der Waals surface area contributed by atoms with Crippen molar-refractivity contribution in [3.05, 3.63) is 29.3 Å². The second-order valence-electron chi connectivity index (χ2n) is 3.46. The van der Waals surface area contributed by atoms with Crippen molar-refractivity contribution in [2.75, 3.05) is 12.4 Å². The van der Waals surface area contributed by atoms with Gasteiger partial charge in [-0.3, -0.25) is 0 Å². The first-order valence-electron chi connectivity index (χ1n) is 4.46. The Kier molecular flexibility index (Phi) is 2.07. The van der Waals surface area contributed by atoms with E-state index in [4.69, 9.17) is 5.11 Å². The number of urea groups is 1. The summed E-state index contributed by atoms with van der Waals surface area (Å²) in [5, 5.41) is 11.4. The molecule has 15 heavy (non-hydrogen) atoms. The van der Waals surface area contributed by atoms with E-state index in [9.17, 15) is 9.59 Å². The number of carboxylic acids is 1. The molecule has 0 bridgehead atoms. The van der Waals surface area contributed by atoms with Gasteiger partial charge in [0.05, 0.1) is 5.56 Å². The van der Waals surface area contributed by atoms with E-state index in [2.05, 4.69) is 5.32 Å². The summed E-state index contributed by atoms with van der Waals surface area (Å²) in [4.78, 5) is 23.5. The van der Waals surface area contributed by atoms with E-state index >= 15 is 0 Å². The van der Waals surface area contributed by atoms with Crippen LogP contribution in [0.25, 0.3) is 0 Å². The van der Waals surface area contributed by atoms with Crippen LogP contribution in [0.2, 0.25) is 0 Å². The van der Waals surface area contributed by atoms with Crippen LogP contribution in [0.4, 0.5) is 10.5 Å². The number of nitrogens with zero attached hydrogens (tertiary/aromatic N) is 1. The molecule has 0 aliphatic carbocycles. The Balaban J connectivity index is 2.41. The molecule has 2 amide bonds. The van der Waals surface area contributed by atoms with Crippen molar-refractivity contribution >= 4 is 17.7 Å². The van der Waals surface area contributed by atoms with Gasteiger partial charge in [0.2, 0.25) is 0 Å². The largest absolute Gasteiger partial charge is 0.478 e. The quantitative estimate of drug-likeness (QED) is 0.728. The molecular formula is C10H10N2O3. The molecule has 1 aromatic rings. The predicted molar refractivity (Wildman–Crippen MR) is 53.9 cm³/mol. The van der Waals surface area contributed by atoms with Crippen LogP contribution in [0.5, 0.6) is 0 Å². The van der Waals surface area contributed by atoms with Crippen molar-refractivity contribution in [1.29, 1.82) is 0 Å². The number of hydrogen-bond donors (Lipinski definition) is 2. The average molecular weight is 206 g/mol. The maximum absolute atomic E-state index is 11.3. The summed E-state index contributed by atoms with van der Waals surface area (Å²) in [5.74, 6) is -0.994. The molecule has 1 aliphatic heterocycles. The van der Waals surface area contributed by atoms with Crippen LogP contribution in [0, 0.1) is 0 Å². The molecule has 0 radical (unpaired) electrons. The third-order valence-electron chi connectivity index (χ3n) is 2.35. The average Bonchev–Trinajstić information content (AvgIpc) is 2.19. The first-order valence-corrected chi connectivity index (χ1v) is 4.46. The van der Waals surface area contributed by atoms with E-state index in [-0.39, 0.29) is 11.6 Å². The van der Waals surface area contributed by atoms with E-state index in [1.165, 1.54) is 17.0 Å². The lowest BCUT2D eigenvalue weighted by Crippen LogP contribution is -2.35. The van der Waals surface area contributed by atoms with Gasteiger partial charge in [0.1, 0.15) is 0 Å². The molecule has 0 aromatic heterocycles. The zero-order chi connectivity index (χ0) is 11.0. The van der Waals surface area contributed by atoms with Gasteiger partial charge in [-0.05, 0) is 17.7 Å². The molecule has 1 aromatic carbocycles. The summed E-state index contributed by atoms with van der Waals surface area (Å²) in [6.07, 6.45) is 0. The third kappa shape index (κ3) is 1.63. The predicted octanol–water partition coefficient (Wildman–Crippen LogP) is 1.36. The smallest absolute Gasteiger partial charge is 0.335 e. The zero-order valence-corrected chi connectivity index (χ0v) is 8.15. The fourth-order valence-electron chi connectivity index (χ4n) is 1.50. The molecule has 1 heterocycles. The minimum atomic E-state index is -0.994. The fourth-order valence-corrected chi connectivity index (χ4v) is 1.50. The lowest BCUT2D eigenvalue weighted by molar-refractivity contribution is 0.0697. The van der Waals surface area contributed by atoms with Crippen LogP contribution in [0.1, 0.15) is 15.9 Å². The molecule has 2 N–H and O–H groups in total. The second kappa shape index (κ2) is 3.27. The molecule has 0 fully saturated rings. The van der Waals surface area contributed by atoms with Crippen molar-refractivity contribution < 1.29 is 14.7 Å². The molecule has 0 atom stereocenters. The summed E-state index contributed by atoms with van der Waals surface area (Å²) >= 11 is 0. The number of anilines is 1. The zero-order valence-electron chi connectivity index (χ0n) is 8.15. The number of carbonyl (C=O) groups excluding carboxylic acids is 1. The van der Waals surface area contributed by atoms with Crippen LogP contribution >= 0.6 is 0 Å². The summed E-state index contributed by atoms with van der Waals surface area (Å²) in [7, 11) is 1.68. The molecule has 1 aliphatic rings. The number of rotatable bonds is 1. The summed E-state index contributed by atoms with van der Waals surface area (Å²) in [6.45, 7) is 0.501. The lowest BCUT2D eigenvalue weighted by Gasteiger charge is -2.25. The molecule has 5 heteroatoms. The van der Waals surface area contributed by atoms with Gasteiger partial charge in [0.15, 0.2) is 0 Å². The van der Waals surface area contributed by atoms with Crippen molar-refractivity contribution in [1.82, 2.24) is 4.90 Å². The number of fused-ring (bicyclic) bond motifs is 1. The molecule has 0 saturated heterocycles. The molecule has 0 spiro atoms. The Bertz CT molecular complexity index is 442. The van der Waals surface area contributed by atoms with Gasteiger partial charge in [-0.2, -0.15) is 0 Å². The molecule has 0 saturated carbocycles. The third-order valence-corrected chi connectivity index (χ3v) is 2.35. The van der Waals surface area contributed by atoms with Crippen molar-refractivity contribution in [2.45, 2.75) is 6.54 Å². The lowest BCUT2D eigenvalue weighted by atomic mass is 10.1. The van der Waals surface area contributed by atoms with Crippen LogP contribution in [0.3, 0.4) is 0 Å². The SMILES string of the molecule is CN1Cc2ccc(C(=O)O)cc2NC1=O. The van der Waals surface area contributed by atoms with Crippen molar-refractivity contribution in [3.8, 4) is 0 Å². The Labute approximate surface area is 86.3 Å². The van der Waals surface area contributed by atoms with Gasteiger partial charge in [-0.1, -0.05) is 6.07 Å². The maximum Gasteiger partial charge on any atom is 0.335 e. The number of amides is 2. The number of benzene rings is 1. The highest BCUT2D eigenvalue weighted by molar-refractivity contribution is 5.95. The summed E-state index contributed by atoms with van der Waals surface area (Å²) in [6, 6.07) is 4.51. The van der Waals surface area contributed by atoms with Crippen LogP contribution in [-0.4, -0.2) is 29.1 Å². The minimum absolute atomic E-state index is 0.179. The van der Waals surface area contributed by atoms with Crippen LogP contribution in [0.15, 0.2) is 18.2 Å². The Hall–Kier alpha value is -2.04. The number of aromatic carboxylic acids is 1. The Morgan fingerprint density at radius 1 is 1.53 bits per heavy atom. The van der Waals surface area contributed by atoms with Gasteiger partial charge in [0, 0.05) is 19.3 Å². The first-order chi connectivity index (χ1) is 7.08. The normalized spacial score (nSPS) is 14.5. The summed E-state index contributed by atoms with van der Waals surface area (Å²) < 4.78 is 0. The van der Waals surface area contributed by atoms with E-state index < -0.39 is 5.97 Å². The van der Waals surface area contributed by atoms with Crippen LogP contribution in [-0.2, 0) is 6.54 Å². The second-order valence-corrected chi connectivity index (χ2v) is 3.46. The standard InChI is InChI=1S/C10H10N2O3/c1-12-5-7-3-2-6(9(13)14)4-8(7)11-10(12)15/h2-4H,5H2,1H3,(H,11,15)(H,13,14). The van der Waals surface area contributed by atoms with E-state index in [0.717, 1.165) is 5.56 Å². The van der Waals surface area contributed by atoms with E-state index in [1.807, 2.05) is 0 Å². The van der Waals surface area contributed by atoms with Crippen LogP contribution < -0.4 is 5.32 Å². The summed E-state index contributed by atoms with van der Waals surface area (Å²) in [5.41, 5.74) is 1.68.